The monoisotopic (exact) mass is 252 g/mol. The van der Waals surface area contributed by atoms with Crippen LogP contribution in [0.4, 0.5) is 0 Å². The second kappa shape index (κ2) is 4.96. The number of esters is 1. The molecule has 0 radical (unpaired) electrons. The number of carbonyl (C=O) groups is 1. The lowest BCUT2D eigenvalue weighted by atomic mass is 10.2. The Bertz CT molecular complexity index is 441. The van der Waals surface area contributed by atoms with Gasteiger partial charge in [-0.1, -0.05) is 12.1 Å². The van der Waals surface area contributed by atoms with Gasteiger partial charge in [-0.2, -0.15) is 0 Å². The van der Waals surface area contributed by atoms with Gasteiger partial charge in [-0.05, 0) is 26.0 Å². The molecule has 1 aromatic rings. The lowest BCUT2D eigenvalue weighted by Gasteiger charge is -2.17. The highest BCUT2D eigenvalue weighted by molar-refractivity contribution is 5.92. The number of hydrogen-bond donors (Lipinski definition) is 1. The maximum atomic E-state index is 11.7. The number of phenols is 1. The quantitative estimate of drug-likeness (QED) is 0.829. The predicted octanol–water partition coefficient (Wildman–Crippen LogP) is 1.70. The molecule has 1 aromatic carbocycles. The standard InChI is InChI=1S/C13H16O5/c1-13(2)17-8-9(18-13)7-16-12(15)10-5-3-4-6-11(10)14/h3-6,9,14H,7-8H2,1-2H3/t9-/m1/s1. The third-order valence-corrected chi connectivity index (χ3v) is 2.59. The Labute approximate surface area is 105 Å². The van der Waals surface area contributed by atoms with E-state index < -0.39 is 11.8 Å². The van der Waals surface area contributed by atoms with Crippen molar-refractivity contribution < 1.29 is 24.1 Å². The summed E-state index contributed by atoms with van der Waals surface area (Å²) in [5.74, 6) is -1.29. The van der Waals surface area contributed by atoms with E-state index in [4.69, 9.17) is 14.2 Å². The average molecular weight is 252 g/mol. The van der Waals surface area contributed by atoms with Crippen LogP contribution in [0.2, 0.25) is 0 Å². The highest BCUT2D eigenvalue weighted by Gasteiger charge is 2.33. The van der Waals surface area contributed by atoms with Gasteiger partial charge in [0.1, 0.15) is 24.0 Å². The van der Waals surface area contributed by atoms with Gasteiger partial charge in [0.15, 0.2) is 5.79 Å². The first-order valence-electron chi connectivity index (χ1n) is 5.75. The third-order valence-electron chi connectivity index (χ3n) is 2.59. The first-order chi connectivity index (χ1) is 8.48. The van der Waals surface area contributed by atoms with E-state index in [0.29, 0.717) is 6.61 Å². The van der Waals surface area contributed by atoms with Crippen molar-refractivity contribution in [2.24, 2.45) is 0 Å². The van der Waals surface area contributed by atoms with Gasteiger partial charge in [-0.25, -0.2) is 4.79 Å². The lowest BCUT2D eigenvalue weighted by molar-refractivity contribution is -0.142. The van der Waals surface area contributed by atoms with E-state index in [1.165, 1.54) is 12.1 Å². The molecule has 1 N–H and O–H groups in total. The summed E-state index contributed by atoms with van der Waals surface area (Å²) >= 11 is 0. The highest BCUT2D eigenvalue weighted by Crippen LogP contribution is 2.23. The first kappa shape index (κ1) is 12.9. The Morgan fingerprint density at radius 3 is 2.83 bits per heavy atom. The molecule has 1 fully saturated rings. The summed E-state index contributed by atoms with van der Waals surface area (Å²) in [7, 11) is 0. The van der Waals surface area contributed by atoms with E-state index in [0.717, 1.165) is 0 Å². The normalized spacial score (nSPS) is 21.8. The van der Waals surface area contributed by atoms with Crippen molar-refractivity contribution in [2.45, 2.75) is 25.7 Å². The summed E-state index contributed by atoms with van der Waals surface area (Å²) in [5, 5.41) is 9.50. The van der Waals surface area contributed by atoms with Crippen LogP contribution in [0, 0.1) is 0 Å². The van der Waals surface area contributed by atoms with Crippen LogP contribution in [0.1, 0.15) is 24.2 Å². The summed E-state index contributed by atoms with van der Waals surface area (Å²) in [6.07, 6.45) is -0.269. The van der Waals surface area contributed by atoms with Crippen LogP contribution in [0.25, 0.3) is 0 Å². The van der Waals surface area contributed by atoms with Crippen molar-refractivity contribution in [3.8, 4) is 5.75 Å². The minimum absolute atomic E-state index is 0.0913. The molecule has 98 valence electrons. The zero-order chi connectivity index (χ0) is 13.2. The summed E-state index contributed by atoms with van der Waals surface area (Å²) in [6.45, 7) is 4.10. The summed E-state index contributed by atoms with van der Waals surface area (Å²) in [4.78, 5) is 11.7. The lowest BCUT2D eigenvalue weighted by Crippen LogP contribution is -2.25. The predicted molar refractivity (Wildman–Crippen MR) is 63.3 cm³/mol. The molecule has 2 rings (SSSR count). The molecule has 1 aliphatic heterocycles. The maximum absolute atomic E-state index is 11.7. The van der Waals surface area contributed by atoms with Crippen molar-refractivity contribution in [3.05, 3.63) is 29.8 Å². The number of hydrogen-bond acceptors (Lipinski definition) is 5. The molecule has 0 bridgehead atoms. The molecule has 1 aliphatic rings. The molecule has 1 atom stereocenters. The van der Waals surface area contributed by atoms with E-state index in [1.807, 2.05) is 0 Å². The summed E-state index contributed by atoms with van der Waals surface area (Å²) in [5.41, 5.74) is 0.149. The number of rotatable bonds is 3. The van der Waals surface area contributed by atoms with Crippen LogP contribution in [0.3, 0.4) is 0 Å². The Kier molecular flexibility index (Phi) is 3.54. The van der Waals surface area contributed by atoms with Crippen molar-refractivity contribution in [3.63, 3.8) is 0 Å². The number of carbonyl (C=O) groups excluding carboxylic acids is 1. The number of aromatic hydroxyl groups is 1. The minimum atomic E-state index is -0.633. The molecule has 1 saturated heterocycles. The van der Waals surface area contributed by atoms with Gasteiger partial charge in [0.25, 0.3) is 0 Å². The third kappa shape index (κ3) is 3.00. The SMILES string of the molecule is CC1(C)OC[C@@H](COC(=O)c2ccccc2O)O1. The molecule has 5 nitrogen and oxygen atoms in total. The Morgan fingerprint density at radius 2 is 2.22 bits per heavy atom. The average Bonchev–Trinajstić information content (AvgIpc) is 2.66. The molecule has 0 saturated carbocycles. The van der Waals surface area contributed by atoms with Gasteiger partial charge in [0.2, 0.25) is 0 Å². The molecule has 0 spiro atoms. The smallest absolute Gasteiger partial charge is 0.342 e. The van der Waals surface area contributed by atoms with Crippen LogP contribution in [0.15, 0.2) is 24.3 Å². The molecule has 1 heterocycles. The van der Waals surface area contributed by atoms with E-state index in [1.54, 1.807) is 26.0 Å². The van der Waals surface area contributed by atoms with Gasteiger partial charge < -0.3 is 19.3 Å². The molecule has 5 heteroatoms. The number of ether oxygens (including phenoxy) is 3. The van der Waals surface area contributed by atoms with Gasteiger partial charge in [0.05, 0.1) is 6.61 Å². The topological polar surface area (TPSA) is 65.0 Å². The van der Waals surface area contributed by atoms with Crippen LogP contribution >= 0.6 is 0 Å². The summed E-state index contributed by atoms with van der Waals surface area (Å²) < 4.78 is 15.9. The number of para-hydroxylation sites is 1. The Hall–Kier alpha value is -1.59. The van der Waals surface area contributed by atoms with Crippen LogP contribution in [-0.4, -0.2) is 36.2 Å². The van der Waals surface area contributed by atoms with E-state index in [9.17, 15) is 9.90 Å². The zero-order valence-corrected chi connectivity index (χ0v) is 10.4. The molecular formula is C13H16O5. The van der Waals surface area contributed by atoms with E-state index in [2.05, 4.69) is 0 Å². The molecule has 0 aliphatic carbocycles. The molecule has 0 aromatic heterocycles. The Balaban J connectivity index is 1.88. The van der Waals surface area contributed by atoms with Gasteiger partial charge >= 0.3 is 5.97 Å². The Morgan fingerprint density at radius 1 is 1.50 bits per heavy atom. The van der Waals surface area contributed by atoms with Crippen LogP contribution in [-0.2, 0) is 14.2 Å². The second-order valence-electron chi connectivity index (χ2n) is 4.57. The fraction of sp³-hybridized carbons (Fsp3) is 0.462. The van der Waals surface area contributed by atoms with E-state index >= 15 is 0 Å². The molecule has 0 unspecified atom stereocenters. The van der Waals surface area contributed by atoms with Gasteiger partial charge in [0, 0.05) is 0 Å². The fourth-order valence-corrected chi connectivity index (χ4v) is 1.74. The van der Waals surface area contributed by atoms with E-state index in [-0.39, 0.29) is 24.0 Å². The maximum Gasteiger partial charge on any atom is 0.342 e. The minimum Gasteiger partial charge on any atom is -0.507 e. The summed E-state index contributed by atoms with van der Waals surface area (Å²) in [6, 6.07) is 6.25. The highest BCUT2D eigenvalue weighted by atomic mass is 16.7. The first-order valence-corrected chi connectivity index (χ1v) is 5.75. The van der Waals surface area contributed by atoms with Crippen molar-refractivity contribution >= 4 is 5.97 Å². The van der Waals surface area contributed by atoms with Crippen molar-refractivity contribution in [2.75, 3.05) is 13.2 Å². The molecule has 0 amide bonds. The number of benzene rings is 1. The number of phenolic OH excluding ortho intramolecular Hbond substituents is 1. The largest absolute Gasteiger partial charge is 0.507 e. The second-order valence-corrected chi connectivity index (χ2v) is 4.57. The van der Waals surface area contributed by atoms with Gasteiger partial charge in [-0.15, -0.1) is 0 Å². The fourth-order valence-electron chi connectivity index (χ4n) is 1.74. The van der Waals surface area contributed by atoms with Crippen molar-refractivity contribution in [1.82, 2.24) is 0 Å². The van der Waals surface area contributed by atoms with Gasteiger partial charge in [-0.3, -0.25) is 0 Å². The zero-order valence-electron chi connectivity index (χ0n) is 10.4. The molecular weight excluding hydrogens is 236 g/mol. The van der Waals surface area contributed by atoms with Crippen molar-refractivity contribution in [1.29, 1.82) is 0 Å². The van der Waals surface area contributed by atoms with Crippen LogP contribution < -0.4 is 0 Å². The molecule has 18 heavy (non-hydrogen) atoms. The van der Waals surface area contributed by atoms with Crippen LogP contribution in [0.5, 0.6) is 5.75 Å².